The van der Waals surface area contributed by atoms with E-state index in [-0.39, 0.29) is 5.31 Å². The van der Waals surface area contributed by atoms with E-state index in [1.807, 2.05) is 0 Å². The average molecular weight is 184 g/mol. The van der Waals surface area contributed by atoms with Crippen LogP contribution in [0.3, 0.4) is 0 Å². The third-order valence-corrected chi connectivity index (χ3v) is 3.52. The fourth-order valence-electron chi connectivity index (χ4n) is 2.34. The zero-order valence-corrected chi connectivity index (χ0v) is 8.87. The molecule has 0 N–H and O–H groups in total. The molecule has 1 aliphatic carbocycles. The molecule has 0 spiro atoms. The van der Waals surface area contributed by atoms with Gasteiger partial charge in [0.1, 0.15) is 0 Å². The lowest BCUT2D eigenvalue weighted by molar-refractivity contribution is 0.317. The highest BCUT2D eigenvalue weighted by Gasteiger charge is 2.30. The molecule has 1 saturated carbocycles. The van der Waals surface area contributed by atoms with E-state index in [1.165, 1.54) is 18.4 Å². The van der Waals surface area contributed by atoms with Crippen LogP contribution < -0.4 is 0 Å². The zero-order valence-electron chi connectivity index (χ0n) is 8.87. The van der Waals surface area contributed by atoms with Crippen LogP contribution in [0.1, 0.15) is 38.2 Å². The first kappa shape index (κ1) is 9.83. The summed E-state index contributed by atoms with van der Waals surface area (Å²) in [4.78, 5) is 0. The van der Waals surface area contributed by atoms with Crippen molar-refractivity contribution in [2.75, 3.05) is 0 Å². The molecule has 1 fully saturated rings. The Morgan fingerprint density at radius 3 is 2.29 bits per heavy atom. The van der Waals surface area contributed by atoms with Crippen molar-refractivity contribution in [1.29, 1.82) is 0 Å². The summed E-state index contributed by atoms with van der Waals surface area (Å²) in [6, 6.07) is 10.5. The minimum atomic E-state index is -0.0478. The molecule has 2 rings (SSSR count). The molecule has 0 nitrogen and oxygen atoms in total. The lowest BCUT2D eigenvalue weighted by atomic mass is 9.55. The number of benzene rings is 1. The Labute approximate surface area is 88.1 Å². The fraction of sp³-hybridized carbons (Fsp3) is 0.538. The SMILES string of the molecule is [B]C1(c2ccccc2)CCC(C)CC1. The third kappa shape index (κ3) is 1.87. The van der Waals surface area contributed by atoms with Crippen LogP contribution in [0.4, 0.5) is 0 Å². The predicted molar refractivity (Wildman–Crippen MR) is 61.5 cm³/mol. The lowest BCUT2D eigenvalue weighted by Crippen LogP contribution is -2.31. The molecule has 0 aromatic heterocycles. The zero-order chi connectivity index (χ0) is 10.0. The van der Waals surface area contributed by atoms with Crippen LogP contribution in [0.5, 0.6) is 0 Å². The second-order valence-corrected chi connectivity index (χ2v) is 4.70. The molecule has 0 aliphatic heterocycles. The first-order chi connectivity index (χ1) is 6.71. The van der Waals surface area contributed by atoms with E-state index in [1.54, 1.807) is 0 Å². The Bertz CT molecular complexity index is 283. The van der Waals surface area contributed by atoms with Crippen molar-refractivity contribution < 1.29 is 0 Å². The first-order valence-electron chi connectivity index (χ1n) is 5.55. The molecule has 0 atom stereocenters. The number of rotatable bonds is 1. The Balaban J connectivity index is 2.17. The van der Waals surface area contributed by atoms with Crippen molar-refractivity contribution in [2.24, 2.45) is 5.92 Å². The molecular formula is C13H17B. The summed E-state index contributed by atoms with van der Waals surface area (Å²) >= 11 is 0. The van der Waals surface area contributed by atoms with Crippen molar-refractivity contribution in [3.05, 3.63) is 35.9 Å². The summed E-state index contributed by atoms with van der Waals surface area (Å²) in [5.74, 6) is 0.857. The van der Waals surface area contributed by atoms with Gasteiger partial charge in [0.2, 0.25) is 0 Å². The van der Waals surface area contributed by atoms with Gasteiger partial charge in [-0.2, -0.15) is 0 Å². The summed E-state index contributed by atoms with van der Waals surface area (Å²) in [5, 5.41) is -0.0478. The van der Waals surface area contributed by atoms with Crippen molar-refractivity contribution in [3.8, 4) is 0 Å². The quantitative estimate of drug-likeness (QED) is 0.587. The van der Waals surface area contributed by atoms with Gasteiger partial charge in [-0.1, -0.05) is 68.5 Å². The highest BCUT2D eigenvalue weighted by Crippen LogP contribution is 2.38. The Morgan fingerprint density at radius 2 is 1.71 bits per heavy atom. The second-order valence-electron chi connectivity index (χ2n) is 4.70. The predicted octanol–water partition coefficient (Wildman–Crippen LogP) is 3.26. The van der Waals surface area contributed by atoms with E-state index in [0.29, 0.717) is 0 Å². The van der Waals surface area contributed by atoms with E-state index in [9.17, 15) is 0 Å². The topological polar surface area (TPSA) is 0 Å². The van der Waals surface area contributed by atoms with Gasteiger partial charge in [0.05, 0.1) is 7.85 Å². The molecule has 0 amide bonds. The van der Waals surface area contributed by atoms with Gasteiger partial charge in [0.15, 0.2) is 0 Å². The van der Waals surface area contributed by atoms with Gasteiger partial charge in [-0.05, 0) is 11.2 Å². The molecular weight excluding hydrogens is 167 g/mol. The maximum Gasteiger partial charge on any atom is 0.0810 e. The number of hydrogen-bond acceptors (Lipinski definition) is 0. The van der Waals surface area contributed by atoms with Gasteiger partial charge in [-0.25, -0.2) is 0 Å². The monoisotopic (exact) mass is 184 g/mol. The molecule has 0 unspecified atom stereocenters. The van der Waals surface area contributed by atoms with Crippen LogP contribution in [0.25, 0.3) is 0 Å². The average Bonchev–Trinajstić information content (AvgIpc) is 2.24. The smallest absolute Gasteiger partial charge is 0.0625 e. The molecule has 1 heteroatoms. The van der Waals surface area contributed by atoms with E-state index in [2.05, 4.69) is 37.3 Å². The van der Waals surface area contributed by atoms with Crippen LogP contribution in [-0.4, -0.2) is 7.85 Å². The Kier molecular flexibility index (Phi) is 2.67. The van der Waals surface area contributed by atoms with Crippen LogP contribution in [-0.2, 0) is 5.31 Å². The maximum atomic E-state index is 6.44. The van der Waals surface area contributed by atoms with Crippen molar-refractivity contribution in [2.45, 2.75) is 37.9 Å². The fourth-order valence-corrected chi connectivity index (χ4v) is 2.34. The third-order valence-electron chi connectivity index (χ3n) is 3.52. The van der Waals surface area contributed by atoms with E-state index >= 15 is 0 Å². The van der Waals surface area contributed by atoms with Gasteiger partial charge >= 0.3 is 0 Å². The molecule has 0 heterocycles. The van der Waals surface area contributed by atoms with Crippen molar-refractivity contribution >= 4 is 7.85 Å². The summed E-state index contributed by atoms with van der Waals surface area (Å²) in [5.41, 5.74) is 1.31. The summed E-state index contributed by atoms with van der Waals surface area (Å²) in [6.45, 7) is 2.32. The number of hydrogen-bond donors (Lipinski definition) is 0. The molecule has 1 aromatic carbocycles. The van der Waals surface area contributed by atoms with Crippen LogP contribution in [0.2, 0.25) is 0 Å². The summed E-state index contributed by atoms with van der Waals surface area (Å²) in [6.07, 6.45) is 4.81. The standard InChI is InChI=1S/C13H17B/c1-11-7-9-13(14,10-8-11)12-5-3-2-4-6-12/h2-6,11H,7-10H2,1H3. The van der Waals surface area contributed by atoms with Crippen molar-refractivity contribution in [1.82, 2.24) is 0 Å². The van der Waals surface area contributed by atoms with Gasteiger partial charge < -0.3 is 0 Å². The Hall–Kier alpha value is -0.715. The van der Waals surface area contributed by atoms with Crippen LogP contribution in [0.15, 0.2) is 30.3 Å². The molecule has 0 bridgehead atoms. The van der Waals surface area contributed by atoms with E-state index in [0.717, 1.165) is 18.8 Å². The van der Waals surface area contributed by atoms with Crippen LogP contribution >= 0.6 is 0 Å². The van der Waals surface area contributed by atoms with Crippen molar-refractivity contribution in [3.63, 3.8) is 0 Å². The second kappa shape index (κ2) is 3.80. The largest absolute Gasteiger partial charge is 0.0810 e. The molecule has 72 valence electrons. The molecule has 14 heavy (non-hydrogen) atoms. The summed E-state index contributed by atoms with van der Waals surface area (Å²) in [7, 11) is 6.44. The highest BCUT2D eigenvalue weighted by molar-refractivity contribution is 6.16. The summed E-state index contributed by atoms with van der Waals surface area (Å²) < 4.78 is 0. The maximum absolute atomic E-state index is 6.44. The van der Waals surface area contributed by atoms with Gasteiger partial charge in [-0.3, -0.25) is 0 Å². The molecule has 1 aromatic rings. The van der Waals surface area contributed by atoms with Gasteiger partial charge in [0.25, 0.3) is 0 Å². The molecule has 0 saturated heterocycles. The highest BCUT2D eigenvalue weighted by atomic mass is 14.3. The molecule has 2 radical (unpaired) electrons. The minimum absolute atomic E-state index is 0.0478. The van der Waals surface area contributed by atoms with Gasteiger partial charge in [-0.15, -0.1) is 0 Å². The van der Waals surface area contributed by atoms with Gasteiger partial charge in [0, 0.05) is 0 Å². The van der Waals surface area contributed by atoms with E-state index < -0.39 is 0 Å². The minimum Gasteiger partial charge on any atom is -0.0625 e. The normalized spacial score (nSPS) is 32.8. The van der Waals surface area contributed by atoms with Crippen LogP contribution in [0, 0.1) is 5.92 Å². The van der Waals surface area contributed by atoms with E-state index in [4.69, 9.17) is 7.85 Å². The Morgan fingerprint density at radius 1 is 1.14 bits per heavy atom. The first-order valence-corrected chi connectivity index (χ1v) is 5.55. The lowest BCUT2D eigenvalue weighted by Gasteiger charge is -2.37. The molecule has 1 aliphatic rings.